The van der Waals surface area contributed by atoms with Crippen molar-refractivity contribution in [3.63, 3.8) is 0 Å². The molecule has 0 aromatic heterocycles. The third kappa shape index (κ3) is 25.5. The Morgan fingerprint density at radius 1 is 0.533 bits per heavy atom. The highest BCUT2D eigenvalue weighted by Gasteiger charge is 2.09. The van der Waals surface area contributed by atoms with Crippen LogP contribution >= 0.6 is 0 Å². The summed E-state index contributed by atoms with van der Waals surface area (Å²) in [7, 11) is 0. The largest absolute Gasteiger partial charge is 0.380 e. The maximum Gasteiger partial charge on any atom is 0.0617 e. The monoisotopic (exact) mass is 643 g/mol. The van der Waals surface area contributed by atoms with Gasteiger partial charge in [0.1, 0.15) is 0 Å². The SMILES string of the molecule is CC1=CCN(O)CCCC(N)COCCC(C)=CCN(O)CCCC(N)COCCC(C)=CCN(O)CCCC(N)COCC1. The zero-order valence-corrected chi connectivity index (χ0v) is 28.5. The van der Waals surface area contributed by atoms with E-state index in [4.69, 9.17) is 31.4 Å². The Bertz CT molecular complexity index is 725. The fourth-order valence-electron chi connectivity index (χ4n) is 4.63. The van der Waals surface area contributed by atoms with Crippen LogP contribution in [-0.4, -0.2) is 128 Å². The van der Waals surface area contributed by atoms with E-state index in [0.717, 1.165) is 74.5 Å². The van der Waals surface area contributed by atoms with Crippen molar-refractivity contribution in [3.8, 4) is 0 Å². The lowest BCUT2D eigenvalue weighted by molar-refractivity contribution is -0.0817. The van der Waals surface area contributed by atoms with Gasteiger partial charge in [0.05, 0.1) is 39.6 Å². The molecule has 0 spiro atoms. The molecule has 1 rings (SSSR count). The molecule has 12 heteroatoms. The molecule has 0 fully saturated rings. The molecule has 0 radical (unpaired) electrons. The summed E-state index contributed by atoms with van der Waals surface area (Å²) in [4.78, 5) is 0. The first-order valence-electron chi connectivity index (χ1n) is 16.8. The zero-order chi connectivity index (χ0) is 33.3. The van der Waals surface area contributed by atoms with Crippen molar-refractivity contribution in [2.24, 2.45) is 17.2 Å². The average Bonchev–Trinajstić information content (AvgIpc) is 3.00. The number of rotatable bonds is 0. The highest BCUT2D eigenvalue weighted by Crippen LogP contribution is 2.07. The van der Waals surface area contributed by atoms with E-state index in [-0.39, 0.29) is 18.1 Å². The van der Waals surface area contributed by atoms with Gasteiger partial charge in [-0.25, -0.2) is 0 Å². The van der Waals surface area contributed by atoms with Gasteiger partial charge in [0.25, 0.3) is 0 Å². The van der Waals surface area contributed by atoms with Crippen molar-refractivity contribution < 1.29 is 29.8 Å². The van der Waals surface area contributed by atoms with Crippen molar-refractivity contribution in [1.29, 1.82) is 0 Å². The molecule has 3 unspecified atom stereocenters. The lowest BCUT2D eigenvalue weighted by Gasteiger charge is -2.17. The second-order valence-electron chi connectivity index (χ2n) is 12.6. The summed E-state index contributed by atoms with van der Waals surface area (Å²) in [5.74, 6) is 0. The molecule has 9 N–H and O–H groups in total. The van der Waals surface area contributed by atoms with Crippen LogP contribution in [0.25, 0.3) is 0 Å². The molecule has 0 aliphatic carbocycles. The van der Waals surface area contributed by atoms with E-state index in [9.17, 15) is 15.6 Å². The molecule has 45 heavy (non-hydrogen) atoms. The Hall–Kier alpha value is -1.26. The Balaban J connectivity index is 2.53. The van der Waals surface area contributed by atoms with Crippen molar-refractivity contribution in [2.75, 3.05) is 78.9 Å². The molecular formula is C33H66N6O6. The first kappa shape index (κ1) is 41.8. The fraction of sp³-hybridized carbons (Fsp3) is 0.818. The number of hydrogen-bond donors (Lipinski definition) is 6. The summed E-state index contributed by atoms with van der Waals surface area (Å²) in [5, 5.41) is 34.6. The van der Waals surface area contributed by atoms with E-state index in [1.165, 1.54) is 15.2 Å². The summed E-state index contributed by atoms with van der Waals surface area (Å²) in [6, 6.07) is -0.226. The summed E-state index contributed by atoms with van der Waals surface area (Å²) in [6.45, 7) is 12.3. The van der Waals surface area contributed by atoms with Crippen molar-refractivity contribution in [3.05, 3.63) is 34.9 Å². The molecule has 0 aromatic rings. The molecule has 0 amide bonds. The Morgan fingerprint density at radius 3 is 1.07 bits per heavy atom. The van der Waals surface area contributed by atoms with Crippen molar-refractivity contribution >= 4 is 0 Å². The van der Waals surface area contributed by atoms with E-state index in [1.807, 2.05) is 39.0 Å². The van der Waals surface area contributed by atoms with Crippen LogP contribution in [0.1, 0.15) is 78.6 Å². The Labute approximate surface area is 272 Å². The minimum atomic E-state index is -0.0755. The molecule has 0 bridgehead atoms. The first-order chi connectivity index (χ1) is 21.5. The second-order valence-corrected chi connectivity index (χ2v) is 12.6. The van der Waals surface area contributed by atoms with Gasteiger partial charge >= 0.3 is 0 Å². The van der Waals surface area contributed by atoms with Gasteiger partial charge in [-0.15, -0.1) is 0 Å². The van der Waals surface area contributed by atoms with Crippen LogP contribution in [0.3, 0.4) is 0 Å². The van der Waals surface area contributed by atoms with Crippen LogP contribution in [-0.2, 0) is 14.2 Å². The van der Waals surface area contributed by atoms with Crippen LogP contribution < -0.4 is 17.2 Å². The molecule has 0 saturated heterocycles. The van der Waals surface area contributed by atoms with Gasteiger partial charge in [-0.05, 0) is 78.6 Å². The van der Waals surface area contributed by atoms with Gasteiger partial charge in [-0.3, -0.25) is 0 Å². The van der Waals surface area contributed by atoms with Gasteiger partial charge < -0.3 is 47.0 Å². The maximum absolute atomic E-state index is 10.2. The highest BCUT2D eigenvalue weighted by molar-refractivity contribution is 5.00. The predicted octanol–water partition coefficient (Wildman–Crippen LogP) is 3.46. The summed E-state index contributed by atoms with van der Waals surface area (Å²) < 4.78 is 17.3. The Morgan fingerprint density at radius 2 is 0.800 bits per heavy atom. The van der Waals surface area contributed by atoms with Crippen LogP contribution in [0, 0.1) is 0 Å². The molecule has 0 saturated carbocycles. The summed E-state index contributed by atoms with van der Waals surface area (Å²) >= 11 is 0. The smallest absolute Gasteiger partial charge is 0.0617 e. The van der Waals surface area contributed by atoms with Crippen molar-refractivity contribution in [1.82, 2.24) is 15.2 Å². The van der Waals surface area contributed by atoms with E-state index in [0.29, 0.717) is 78.9 Å². The van der Waals surface area contributed by atoms with Gasteiger partial charge in [0.15, 0.2) is 0 Å². The first-order valence-corrected chi connectivity index (χ1v) is 16.8. The van der Waals surface area contributed by atoms with E-state index < -0.39 is 0 Å². The zero-order valence-electron chi connectivity index (χ0n) is 28.5. The number of nitrogens with zero attached hydrogens (tertiary/aromatic N) is 3. The number of hydroxylamine groups is 6. The summed E-state index contributed by atoms with van der Waals surface area (Å²) in [5.41, 5.74) is 22.1. The van der Waals surface area contributed by atoms with Gasteiger partial charge in [0.2, 0.25) is 0 Å². The van der Waals surface area contributed by atoms with E-state index in [2.05, 4.69) is 0 Å². The molecular weight excluding hydrogens is 576 g/mol. The van der Waals surface area contributed by atoms with E-state index in [1.54, 1.807) is 0 Å². The van der Waals surface area contributed by atoms with Crippen LogP contribution in [0.5, 0.6) is 0 Å². The molecule has 1 aliphatic rings. The Kier molecular flexibility index (Phi) is 24.8. The number of ether oxygens (including phenoxy) is 3. The van der Waals surface area contributed by atoms with Gasteiger partial charge in [-0.1, -0.05) is 34.9 Å². The summed E-state index contributed by atoms with van der Waals surface area (Å²) in [6.07, 6.45) is 13.0. The normalized spacial score (nSPS) is 27.7. The van der Waals surface area contributed by atoms with Gasteiger partial charge in [-0.2, -0.15) is 15.2 Å². The van der Waals surface area contributed by atoms with Crippen LogP contribution in [0.4, 0.5) is 0 Å². The number of nitrogens with two attached hydrogens (primary N) is 3. The fourth-order valence-corrected chi connectivity index (χ4v) is 4.63. The molecule has 0 aromatic carbocycles. The minimum absolute atomic E-state index is 0.0755. The molecule has 1 aliphatic heterocycles. The number of hydrogen-bond acceptors (Lipinski definition) is 12. The van der Waals surface area contributed by atoms with Crippen molar-refractivity contribution in [2.45, 2.75) is 96.7 Å². The molecule has 264 valence electrons. The highest BCUT2D eigenvalue weighted by atomic mass is 16.5. The topological polar surface area (TPSA) is 176 Å². The third-order valence-electron chi connectivity index (χ3n) is 7.84. The standard InChI is InChI=1S/C33H66N6O6/c1-28-10-19-37(40)16-4-7-32(35)26-44-23-14-30(3)12-21-39(42)18-6-9-33(36)27-45-24-15-29(2)11-20-38(41)17-5-8-31(34)25-43-22-13-28/h10-12,31-33,40-42H,4-9,13-27,34-36H2,1-3H3. The second kappa shape index (κ2) is 26.8. The predicted molar refractivity (Wildman–Crippen MR) is 179 cm³/mol. The lowest BCUT2D eigenvalue weighted by Crippen LogP contribution is -2.29. The average molecular weight is 643 g/mol. The lowest BCUT2D eigenvalue weighted by atomic mass is 10.1. The van der Waals surface area contributed by atoms with Gasteiger partial charge in [0, 0.05) is 57.4 Å². The van der Waals surface area contributed by atoms with Crippen LogP contribution in [0.2, 0.25) is 0 Å². The third-order valence-corrected chi connectivity index (χ3v) is 7.84. The van der Waals surface area contributed by atoms with Crippen LogP contribution in [0.15, 0.2) is 34.9 Å². The quantitative estimate of drug-likeness (QED) is 0.213. The molecule has 12 nitrogen and oxygen atoms in total. The molecule has 1 heterocycles. The van der Waals surface area contributed by atoms with E-state index >= 15 is 0 Å². The minimum Gasteiger partial charge on any atom is -0.380 e. The molecule has 3 atom stereocenters. The maximum atomic E-state index is 10.2.